The molecule has 4 bridgehead atoms. The Balaban J connectivity index is 1.42. The summed E-state index contributed by atoms with van der Waals surface area (Å²) in [4.78, 5) is 11.8. The molecule has 1 aliphatic heterocycles. The van der Waals surface area contributed by atoms with E-state index in [1.54, 1.807) is 6.26 Å². The number of carboxylic acids is 1. The van der Waals surface area contributed by atoms with Crippen LogP contribution in [0.15, 0.2) is 11.8 Å². The first-order chi connectivity index (χ1) is 11.5. The zero-order valence-electron chi connectivity index (χ0n) is 14.8. The first kappa shape index (κ1) is 16.4. The third-order valence-electron chi connectivity index (χ3n) is 7.19. The second kappa shape index (κ2) is 6.05. The number of carboxylic acid groups (broad SMARTS) is 1. The Kier molecular flexibility index (Phi) is 4.14. The second-order valence-corrected chi connectivity index (χ2v) is 9.20. The summed E-state index contributed by atoms with van der Waals surface area (Å²) in [6.07, 6.45) is 11.1. The van der Waals surface area contributed by atoms with E-state index in [1.165, 1.54) is 38.5 Å². The summed E-state index contributed by atoms with van der Waals surface area (Å²) in [6, 6.07) is 0. The van der Waals surface area contributed by atoms with Crippen molar-refractivity contribution in [2.24, 2.45) is 28.6 Å². The zero-order valence-corrected chi connectivity index (χ0v) is 14.8. The zero-order chi connectivity index (χ0) is 16.8. The molecule has 0 aromatic rings. The fourth-order valence-corrected chi connectivity index (χ4v) is 6.18. The van der Waals surface area contributed by atoms with Gasteiger partial charge in [0.15, 0.2) is 0 Å². The van der Waals surface area contributed by atoms with E-state index >= 15 is 0 Å². The molecule has 4 heteroatoms. The Hall–Kier alpha value is -1.03. The summed E-state index contributed by atoms with van der Waals surface area (Å²) in [5.41, 5.74) is 0.814. The fourth-order valence-electron chi connectivity index (χ4n) is 6.18. The largest absolute Gasteiger partial charge is 0.500 e. The van der Waals surface area contributed by atoms with E-state index in [0.29, 0.717) is 18.6 Å². The lowest BCUT2D eigenvalue weighted by Crippen LogP contribution is -2.46. The number of hydrogen-bond donors (Lipinski definition) is 1. The van der Waals surface area contributed by atoms with Crippen LogP contribution in [0.4, 0.5) is 0 Å². The molecule has 134 valence electrons. The summed E-state index contributed by atoms with van der Waals surface area (Å²) >= 11 is 0. The quantitative estimate of drug-likeness (QED) is 0.565. The van der Waals surface area contributed by atoms with Crippen LogP contribution in [0.25, 0.3) is 0 Å². The highest BCUT2D eigenvalue weighted by molar-refractivity contribution is 5.86. The van der Waals surface area contributed by atoms with Crippen molar-refractivity contribution < 1.29 is 19.4 Å². The first-order valence-corrected chi connectivity index (χ1v) is 9.63. The van der Waals surface area contributed by atoms with Gasteiger partial charge in [-0.2, -0.15) is 0 Å². The SMILES string of the molecule is CCC1(COC=C(CC23CC4CC(CC(C4)C2)C3)C(=O)O)COC1. The van der Waals surface area contributed by atoms with Crippen molar-refractivity contribution in [3.05, 3.63) is 11.8 Å². The topological polar surface area (TPSA) is 55.8 Å². The van der Waals surface area contributed by atoms with E-state index in [0.717, 1.165) is 37.4 Å². The molecular formula is C20H30O4. The lowest BCUT2D eigenvalue weighted by molar-refractivity contribution is -0.141. The molecule has 1 saturated heterocycles. The first-order valence-electron chi connectivity index (χ1n) is 9.63. The number of ether oxygens (including phenoxy) is 2. The standard InChI is InChI=1S/C20H30O4/c1-2-19(12-24-13-19)11-23-10-17(18(21)22)9-20-6-14-3-15(7-20)5-16(4-14)8-20/h10,14-16H,2-9,11-13H2,1H3,(H,21,22). The minimum absolute atomic E-state index is 0.0980. The molecule has 5 aliphatic rings. The maximum Gasteiger partial charge on any atom is 0.334 e. The predicted octanol–water partition coefficient (Wildman–Crippen LogP) is 4.00. The number of aliphatic carboxylic acids is 1. The Morgan fingerprint density at radius 1 is 1.17 bits per heavy atom. The van der Waals surface area contributed by atoms with Crippen LogP contribution in [0.2, 0.25) is 0 Å². The number of hydrogen-bond acceptors (Lipinski definition) is 3. The van der Waals surface area contributed by atoms with Crippen LogP contribution < -0.4 is 0 Å². The van der Waals surface area contributed by atoms with E-state index in [2.05, 4.69) is 6.92 Å². The average Bonchev–Trinajstić information content (AvgIpc) is 2.47. The molecule has 0 spiro atoms. The lowest BCUT2D eigenvalue weighted by atomic mass is 9.48. The monoisotopic (exact) mass is 334 g/mol. The van der Waals surface area contributed by atoms with Crippen molar-refractivity contribution in [1.29, 1.82) is 0 Å². The normalized spacial score (nSPS) is 39.5. The van der Waals surface area contributed by atoms with Gasteiger partial charge in [0.2, 0.25) is 0 Å². The van der Waals surface area contributed by atoms with Crippen molar-refractivity contribution in [3.63, 3.8) is 0 Å². The van der Waals surface area contributed by atoms with Crippen LogP contribution in [0.5, 0.6) is 0 Å². The molecule has 0 atom stereocenters. The molecule has 0 amide bonds. The van der Waals surface area contributed by atoms with Crippen LogP contribution >= 0.6 is 0 Å². The third-order valence-corrected chi connectivity index (χ3v) is 7.19. The Labute approximate surface area is 144 Å². The summed E-state index contributed by atoms with van der Waals surface area (Å²) in [6.45, 7) is 4.17. The van der Waals surface area contributed by atoms with Crippen molar-refractivity contribution in [2.75, 3.05) is 19.8 Å². The lowest BCUT2D eigenvalue weighted by Gasteiger charge is -2.57. The van der Waals surface area contributed by atoms with Crippen LogP contribution in [0, 0.1) is 28.6 Å². The Morgan fingerprint density at radius 3 is 2.17 bits per heavy atom. The molecular weight excluding hydrogens is 304 g/mol. The minimum atomic E-state index is -0.804. The van der Waals surface area contributed by atoms with E-state index in [9.17, 15) is 9.90 Å². The maximum atomic E-state index is 11.8. The number of rotatable bonds is 7. The number of carbonyl (C=O) groups is 1. The van der Waals surface area contributed by atoms with E-state index < -0.39 is 5.97 Å². The van der Waals surface area contributed by atoms with Crippen LogP contribution in [-0.4, -0.2) is 30.9 Å². The molecule has 0 aromatic carbocycles. The smallest absolute Gasteiger partial charge is 0.334 e. The van der Waals surface area contributed by atoms with Gasteiger partial charge in [0.1, 0.15) is 0 Å². The molecule has 1 heterocycles. The summed E-state index contributed by atoms with van der Waals surface area (Å²) in [7, 11) is 0. The Bertz CT molecular complexity index is 491. The molecule has 1 N–H and O–H groups in total. The van der Waals surface area contributed by atoms with Gasteiger partial charge in [-0.25, -0.2) is 4.79 Å². The van der Waals surface area contributed by atoms with Crippen molar-refractivity contribution in [3.8, 4) is 0 Å². The van der Waals surface area contributed by atoms with E-state index in [-0.39, 0.29) is 10.8 Å². The molecule has 4 saturated carbocycles. The van der Waals surface area contributed by atoms with Gasteiger partial charge in [-0.3, -0.25) is 0 Å². The summed E-state index contributed by atoms with van der Waals surface area (Å²) < 4.78 is 11.1. The highest BCUT2D eigenvalue weighted by Crippen LogP contribution is 2.62. The molecule has 0 aromatic heterocycles. The predicted molar refractivity (Wildman–Crippen MR) is 90.4 cm³/mol. The van der Waals surface area contributed by atoms with Gasteiger partial charge in [0.05, 0.1) is 37.1 Å². The van der Waals surface area contributed by atoms with Crippen LogP contribution in [0.1, 0.15) is 58.3 Å². The molecule has 0 radical (unpaired) electrons. The maximum absolute atomic E-state index is 11.8. The average molecular weight is 334 g/mol. The van der Waals surface area contributed by atoms with Gasteiger partial charge < -0.3 is 14.6 Å². The van der Waals surface area contributed by atoms with E-state index in [1.807, 2.05) is 0 Å². The van der Waals surface area contributed by atoms with Gasteiger partial charge in [0.25, 0.3) is 0 Å². The van der Waals surface area contributed by atoms with E-state index in [4.69, 9.17) is 9.47 Å². The fraction of sp³-hybridized carbons (Fsp3) is 0.850. The second-order valence-electron chi connectivity index (χ2n) is 9.20. The van der Waals surface area contributed by atoms with Crippen LogP contribution in [-0.2, 0) is 14.3 Å². The molecule has 0 unspecified atom stereocenters. The molecule has 4 aliphatic carbocycles. The minimum Gasteiger partial charge on any atom is -0.500 e. The molecule has 5 rings (SSSR count). The van der Waals surface area contributed by atoms with Crippen molar-refractivity contribution in [1.82, 2.24) is 0 Å². The van der Waals surface area contributed by atoms with Gasteiger partial charge >= 0.3 is 5.97 Å². The van der Waals surface area contributed by atoms with Gasteiger partial charge in [0, 0.05) is 0 Å². The highest BCUT2D eigenvalue weighted by Gasteiger charge is 2.51. The van der Waals surface area contributed by atoms with Crippen LogP contribution in [0.3, 0.4) is 0 Å². The molecule has 4 nitrogen and oxygen atoms in total. The van der Waals surface area contributed by atoms with Crippen molar-refractivity contribution in [2.45, 2.75) is 58.3 Å². The van der Waals surface area contributed by atoms with Crippen molar-refractivity contribution >= 4 is 5.97 Å². The highest BCUT2D eigenvalue weighted by atomic mass is 16.5. The van der Waals surface area contributed by atoms with Gasteiger partial charge in [-0.1, -0.05) is 6.92 Å². The third kappa shape index (κ3) is 2.98. The summed E-state index contributed by atoms with van der Waals surface area (Å²) in [5, 5.41) is 9.66. The van der Waals surface area contributed by atoms with Gasteiger partial charge in [-0.05, 0) is 74.5 Å². The Morgan fingerprint density at radius 2 is 1.75 bits per heavy atom. The molecule has 5 fully saturated rings. The summed E-state index contributed by atoms with van der Waals surface area (Å²) in [5.74, 6) is 1.74. The van der Waals surface area contributed by atoms with Gasteiger partial charge in [-0.15, -0.1) is 0 Å². The molecule has 24 heavy (non-hydrogen) atoms.